The van der Waals surface area contributed by atoms with Crippen molar-refractivity contribution in [3.63, 3.8) is 0 Å². The number of benzene rings is 1. The van der Waals surface area contributed by atoms with Crippen LogP contribution in [0.15, 0.2) is 29.2 Å². The lowest BCUT2D eigenvalue weighted by Gasteiger charge is -2.08. The molecule has 0 aromatic heterocycles. The van der Waals surface area contributed by atoms with Crippen molar-refractivity contribution in [2.24, 2.45) is 0 Å². The first-order valence-corrected chi connectivity index (χ1v) is 5.64. The molecule has 0 saturated carbocycles. The van der Waals surface area contributed by atoms with Crippen LogP contribution in [0.25, 0.3) is 0 Å². The number of aliphatic hydroxyl groups excluding tert-OH is 1. The molecular formula is C10H14N2O2S. The van der Waals surface area contributed by atoms with Crippen molar-refractivity contribution in [2.75, 3.05) is 12.5 Å². The van der Waals surface area contributed by atoms with Gasteiger partial charge in [0.1, 0.15) is 6.73 Å². The maximum Gasteiger partial charge on any atom is 0.266 e. The molecular weight excluding hydrogens is 212 g/mol. The van der Waals surface area contributed by atoms with Crippen molar-refractivity contribution in [3.05, 3.63) is 29.8 Å². The zero-order chi connectivity index (χ0) is 11.1. The third kappa shape index (κ3) is 3.54. The van der Waals surface area contributed by atoms with E-state index in [4.69, 9.17) is 5.11 Å². The summed E-state index contributed by atoms with van der Waals surface area (Å²) in [4.78, 5) is 12.5. The van der Waals surface area contributed by atoms with Gasteiger partial charge in [-0.15, -0.1) is 11.8 Å². The predicted molar refractivity (Wildman–Crippen MR) is 60.5 cm³/mol. The van der Waals surface area contributed by atoms with Crippen LogP contribution in [0.2, 0.25) is 0 Å². The molecule has 1 rings (SSSR count). The second-order valence-electron chi connectivity index (χ2n) is 2.72. The third-order valence-corrected chi connectivity index (χ3v) is 2.67. The molecule has 0 aliphatic carbocycles. The first kappa shape index (κ1) is 12.0. The van der Waals surface area contributed by atoms with Crippen molar-refractivity contribution in [1.29, 1.82) is 0 Å². The lowest BCUT2D eigenvalue weighted by atomic mass is 10.2. The van der Waals surface area contributed by atoms with Crippen LogP contribution in [0.5, 0.6) is 0 Å². The lowest BCUT2D eigenvalue weighted by molar-refractivity contribution is 0.0906. The normalized spacial score (nSPS) is 10.0. The fourth-order valence-corrected chi connectivity index (χ4v) is 1.92. The molecule has 15 heavy (non-hydrogen) atoms. The molecule has 0 spiro atoms. The van der Waals surface area contributed by atoms with Crippen LogP contribution in [0.4, 0.5) is 0 Å². The minimum Gasteiger partial charge on any atom is -0.380 e. The molecule has 82 valence electrons. The number of amides is 1. The highest BCUT2D eigenvalue weighted by Crippen LogP contribution is 2.21. The molecule has 0 radical (unpaired) electrons. The van der Waals surface area contributed by atoms with Crippen LogP contribution < -0.4 is 10.9 Å². The number of aliphatic hydroxyl groups is 1. The number of hydrogen-bond donors (Lipinski definition) is 3. The van der Waals surface area contributed by atoms with E-state index in [1.54, 1.807) is 17.8 Å². The summed E-state index contributed by atoms with van der Waals surface area (Å²) in [5, 5.41) is 8.50. The monoisotopic (exact) mass is 226 g/mol. The molecule has 0 unspecified atom stereocenters. The molecule has 1 aromatic rings. The van der Waals surface area contributed by atoms with Crippen LogP contribution in [-0.2, 0) is 0 Å². The van der Waals surface area contributed by atoms with Gasteiger partial charge < -0.3 is 5.11 Å². The fraction of sp³-hybridized carbons (Fsp3) is 0.300. The quantitative estimate of drug-likeness (QED) is 0.398. The van der Waals surface area contributed by atoms with Crippen LogP contribution in [0.1, 0.15) is 17.3 Å². The van der Waals surface area contributed by atoms with Gasteiger partial charge in [-0.2, -0.15) is 0 Å². The van der Waals surface area contributed by atoms with E-state index >= 15 is 0 Å². The Balaban J connectivity index is 2.77. The van der Waals surface area contributed by atoms with E-state index in [0.717, 1.165) is 10.6 Å². The Morgan fingerprint density at radius 2 is 2.20 bits per heavy atom. The summed E-state index contributed by atoms with van der Waals surface area (Å²) in [7, 11) is 0. The predicted octanol–water partition coefficient (Wildman–Crippen LogP) is 0.983. The van der Waals surface area contributed by atoms with E-state index in [1.807, 2.05) is 25.1 Å². The van der Waals surface area contributed by atoms with Gasteiger partial charge in [-0.3, -0.25) is 10.2 Å². The lowest BCUT2D eigenvalue weighted by Crippen LogP contribution is -2.38. The van der Waals surface area contributed by atoms with E-state index in [9.17, 15) is 4.79 Å². The molecule has 0 aliphatic heterocycles. The number of thioether (sulfide) groups is 1. The summed E-state index contributed by atoms with van der Waals surface area (Å²) in [5.41, 5.74) is 5.37. The number of nitrogens with one attached hydrogen (secondary N) is 2. The van der Waals surface area contributed by atoms with Crippen LogP contribution in [0, 0.1) is 0 Å². The van der Waals surface area contributed by atoms with Gasteiger partial charge in [-0.25, -0.2) is 5.43 Å². The molecule has 0 fully saturated rings. The topological polar surface area (TPSA) is 61.4 Å². The van der Waals surface area contributed by atoms with Gasteiger partial charge in [0, 0.05) is 4.90 Å². The van der Waals surface area contributed by atoms with Crippen molar-refractivity contribution in [3.8, 4) is 0 Å². The molecule has 5 heteroatoms. The molecule has 4 nitrogen and oxygen atoms in total. The van der Waals surface area contributed by atoms with Crippen LogP contribution in [0.3, 0.4) is 0 Å². The highest BCUT2D eigenvalue weighted by Gasteiger charge is 2.09. The second kappa shape index (κ2) is 6.44. The minimum atomic E-state index is -0.283. The molecule has 0 heterocycles. The smallest absolute Gasteiger partial charge is 0.266 e. The van der Waals surface area contributed by atoms with Gasteiger partial charge in [0.2, 0.25) is 0 Å². The molecule has 0 saturated heterocycles. The number of rotatable bonds is 5. The molecule has 0 atom stereocenters. The SMILES string of the molecule is CCSc1ccccc1C(=O)NNCO. The highest BCUT2D eigenvalue weighted by atomic mass is 32.2. The highest BCUT2D eigenvalue weighted by molar-refractivity contribution is 7.99. The maximum absolute atomic E-state index is 11.6. The summed E-state index contributed by atoms with van der Waals surface area (Å²) < 4.78 is 0. The Morgan fingerprint density at radius 1 is 1.47 bits per heavy atom. The average Bonchev–Trinajstić information content (AvgIpc) is 2.27. The van der Waals surface area contributed by atoms with Crippen molar-refractivity contribution < 1.29 is 9.90 Å². The first-order valence-electron chi connectivity index (χ1n) is 4.65. The van der Waals surface area contributed by atoms with E-state index in [0.29, 0.717) is 5.56 Å². The maximum atomic E-state index is 11.6. The van der Waals surface area contributed by atoms with E-state index in [2.05, 4.69) is 10.9 Å². The zero-order valence-corrected chi connectivity index (χ0v) is 9.30. The molecule has 0 aliphatic rings. The third-order valence-electron chi connectivity index (χ3n) is 1.71. The van der Waals surface area contributed by atoms with Crippen molar-refractivity contribution >= 4 is 17.7 Å². The van der Waals surface area contributed by atoms with E-state index in [-0.39, 0.29) is 12.6 Å². The standard InChI is InChI=1S/C10H14N2O2S/c1-2-15-9-6-4-3-5-8(9)10(14)12-11-7-13/h3-6,11,13H,2,7H2,1H3,(H,12,14). The Kier molecular flexibility index (Phi) is 5.17. The Labute approximate surface area is 93.0 Å². The van der Waals surface area contributed by atoms with Crippen molar-refractivity contribution in [1.82, 2.24) is 10.9 Å². The van der Waals surface area contributed by atoms with Gasteiger partial charge in [0.15, 0.2) is 0 Å². The Hall–Kier alpha value is -1.04. The number of hydrogen-bond acceptors (Lipinski definition) is 4. The van der Waals surface area contributed by atoms with Gasteiger partial charge >= 0.3 is 0 Å². The Bertz CT molecular complexity index is 331. The van der Waals surface area contributed by atoms with E-state index in [1.165, 1.54) is 0 Å². The van der Waals surface area contributed by atoms with Crippen LogP contribution in [-0.4, -0.2) is 23.5 Å². The molecule has 1 aromatic carbocycles. The van der Waals surface area contributed by atoms with Crippen LogP contribution >= 0.6 is 11.8 Å². The fourth-order valence-electron chi connectivity index (χ4n) is 1.12. The molecule has 3 N–H and O–H groups in total. The number of carbonyl (C=O) groups excluding carboxylic acids is 1. The second-order valence-corrected chi connectivity index (χ2v) is 4.02. The first-order chi connectivity index (χ1) is 7.29. The number of carbonyl (C=O) groups is 1. The molecule has 1 amide bonds. The van der Waals surface area contributed by atoms with Crippen molar-refractivity contribution in [2.45, 2.75) is 11.8 Å². The Morgan fingerprint density at radius 3 is 2.87 bits per heavy atom. The molecule has 0 bridgehead atoms. The average molecular weight is 226 g/mol. The van der Waals surface area contributed by atoms with Gasteiger partial charge in [0.25, 0.3) is 5.91 Å². The summed E-state index contributed by atoms with van der Waals surface area (Å²) in [5.74, 6) is 0.679. The van der Waals surface area contributed by atoms with Gasteiger partial charge in [-0.1, -0.05) is 19.1 Å². The van der Waals surface area contributed by atoms with E-state index < -0.39 is 0 Å². The summed E-state index contributed by atoms with van der Waals surface area (Å²) in [6.45, 7) is 1.75. The summed E-state index contributed by atoms with van der Waals surface area (Å²) in [6, 6.07) is 7.37. The summed E-state index contributed by atoms with van der Waals surface area (Å²) >= 11 is 1.61. The largest absolute Gasteiger partial charge is 0.380 e. The minimum absolute atomic E-state index is 0.236. The zero-order valence-electron chi connectivity index (χ0n) is 8.49. The van der Waals surface area contributed by atoms with Gasteiger partial charge in [0.05, 0.1) is 5.56 Å². The van der Waals surface area contributed by atoms with Gasteiger partial charge in [-0.05, 0) is 17.9 Å². The number of hydrazine groups is 1. The summed E-state index contributed by atoms with van der Waals surface area (Å²) in [6.07, 6.45) is 0.